The maximum Gasteiger partial charge on any atom is 0.449 e. The average molecular weight is 406 g/mol. The lowest BCUT2D eigenvalue weighted by atomic mass is 10.1. The van der Waals surface area contributed by atoms with Crippen LogP contribution in [-0.2, 0) is 25.7 Å². The van der Waals surface area contributed by atoms with E-state index in [0.29, 0.717) is 25.1 Å². The Hall–Kier alpha value is -2.52. The third-order valence-electron chi connectivity index (χ3n) is 4.63. The van der Waals surface area contributed by atoms with Crippen LogP contribution in [0, 0.1) is 6.92 Å². The van der Waals surface area contributed by atoms with Crippen molar-refractivity contribution in [1.82, 2.24) is 19.9 Å². The molecular formula is C19H17F3N4OS. The van der Waals surface area contributed by atoms with Gasteiger partial charge >= 0.3 is 6.18 Å². The van der Waals surface area contributed by atoms with Gasteiger partial charge in [-0.2, -0.15) is 13.2 Å². The molecule has 2 aromatic heterocycles. The molecule has 0 amide bonds. The Labute approximate surface area is 162 Å². The summed E-state index contributed by atoms with van der Waals surface area (Å²) in [6.45, 7) is 3.32. The number of fused-ring (bicyclic) bond motifs is 1. The van der Waals surface area contributed by atoms with Gasteiger partial charge < -0.3 is 4.98 Å². The zero-order chi connectivity index (χ0) is 19.9. The average Bonchev–Trinajstić information content (AvgIpc) is 3.02. The van der Waals surface area contributed by atoms with Crippen molar-refractivity contribution in [1.29, 1.82) is 0 Å². The molecule has 0 radical (unpaired) electrons. The highest BCUT2D eigenvalue weighted by Crippen LogP contribution is 2.31. The zero-order valence-electron chi connectivity index (χ0n) is 15.0. The van der Waals surface area contributed by atoms with Crippen LogP contribution in [0.3, 0.4) is 0 Å². The highest BCUT2D eigenvalue weighted by molar-refractivity contribution is 7.12. The number of alkyl halides is 3. The van der Waals surface area contributed by atoms with E-state index in [1.54, 1.807) is 11.3 Å². The maximum absolute atomic E-state index is 12.9. The minimum absolute atomic E-state index is 0.232. The van der Waals surface area contributed by atoms with Gasteiger partial charge in [0, 0.05) is 36.5 Å². The first kappa shape index (κ1) is 18.8. The van der Waals surface area contributed by atoms with E-state index < -0.39 is 17.6 Å². The smallest absolute Gasteiger partial charge is 0.303 e. The van der Waals surface area contributed by atoms with Crippen molar-refractivity contribution < 1.29 is 13.2 Å². The number of halogens is 3. The predicted octanol–water partition coefficient (Wildman–Crippen LogP) is 3.78. The third kappa shape index (κ3) is 3.72. The SMILES string of the molecule is Cc1nc(-c2ccccc2)c(CN2CCc3nc(C(F)(F)F)[nH]c(=O)c3C2)s1. The van der Waals surface area contributed by atoms with E-state index in [4.69, 9.17) is 0 Å². The molecule has 1 aromatic carbocycles. The Kier molecular flexibility index (Phi) is 4.80. The second-order valence-corrected chi connectivity index (χ2v) is 7.96. The molecule has 3 aromatic rings. The lowest BCUT2D eigenvalue weighted by molar-refractivity contribution is -0.145. The van der Waals surface area contributed by atoms with Gasteiger partial charge in [0.25, 0.3) is 5.56 Å². The van der Waals surface area contributed by atoms with E-state index in [2.05, 4.69) is 9.97 Å². The lowest BCUT2D eigenvalue weighted by Crippen LogP contribution is -2.36. The van der Waals surface area contributed by atoms with Crippen LogP contribution in [-0.4, -0.2) is 26.4 Å². The standard InChI is InChI=1S/C19H17F3N4OS/c1-11-23-16(12-5-3-2-4-6-12)15(28-11)10-26-8-7-14-13(9-26)17(27)25-18(24-14)19(20,21)22/h2-6H,7-10H2,1H3,(H,24,25,27). The summed E-state index contributed by atoms with van der Waals surface area (Å²) in [6, 6.07) is 9.84. The van der Waals surface area contributed by atoms with Crippen molar-refractivity contribution in [3.05, 3.63) is 67.7 Å². The molecule has 1 N–H and O–H groups in total. The fourth-order valence-corrected chi connectivity index (χ4v) is 4.35. The first-order chi connectivity index (χ1) is 13.3. The summed E-state index contributed by atoms with van der Waals surface area (Å²) in [5.41, 5.74) is 1.76. The Morgan fingerprint density at radius 2 is 1.96 bits per heavy atom. The number of H-pyrrole nitrogens is 1. The highest BCUT2D eigenvalue weighted by Gasteiger charge is 2.36. The molecule has 0 saturated heterocycles. The number of thiazole rings is 1. The highest BCUT2D eigenvalue weighted by atomic mass is 32.1. The quantitative estimate of drug-likeness (QED) is 0.719. The van der Waals surface area contributed by atoms with Gasteiger partial charge in [0.05, 0.1) is 22.0 Å². The van der Waals surface area contributed by atoms with Crippen LogP contribution in [0.1, 0.15) is 27.0 Å². The largest absolute Gasteiger partial charge is 0.449 e. The zero-order valence-corrected chi connectivity index (χ0v) is 15.8. The third-order valence-corrected chi connectivity index (χ3v) is 5.59. The number of nitrogens with zero attached hydrogens (tertiary/aromatic N) is 3. The molecule has 9 heteroatoms. The van der Waals surface area contributed by atoms with Gasteiger partial charge in [-0.25, -0.2) is 9.97 Å². The predicted molar refractivity (Wildman–Crippen MR) is 100.0 cm³/mol. The Morgan fingerprint density at radius 3 is 2.68 bits per heavy atom. The molecule has 0 saturated carbocycles. The molecule has 1 aliphatic rings. The van der Waals surface area contributed by atoms with Crippen LogP contribution in [0.15, 0.2) is 35.1 Å². The Balaban J connectivity index is 1.59. The van der Waals surface area contributed by atoms with Crippen LogP contribution < -0.4 is 5.56 Å². The molecule has 0 bridgehead atoms. The molecule has 146 valence electrons. The molecule has 0 atom stereocenters. The van der Waals surface area contributed by atoms with Gasteiger partial charge in [-0.15, -0.1) is 11.3 Å². The first-order valence-electron chi connectivity index (χ1n) is 8.74. The van der Waals surface area contributed by atoms with Gasteiger partial charge in [0.2, 0.25) is 5.82 Å². The molecule has 4 rings (SSSR count). The summed E-state index contributed by atoms with van der Waals surface area (Å²) < 4.78 is 38.6. The van der Waals surface area contributed by atoms with E-state index in [-0.39, 0.29) is 12.2 Å². The number of rotatable bonds is 3. The summed E-state index contributed by atoms with van der Waals surface area (Å²) >= 11 is 1.59. The molecule has 5 nitrogen and oxygen atoms in total. The molecule has 0 fully saturated rings. The van der Waals surface area contributed by atoms with Gasteiger partial charge in [-0.3, -0.25) is 9.69 Å². The number of aromatic amines is 1. The summed E-state index contributed by atoms with van der Waals surface area (Å²) in [6.07, 6.45) is -4.35. The van der Waals surface area contributed by atoms with Gasteiger partial charge in [0.1, 0.15) is 0 Å². The molecule has 0 unspecified atom stereocenters. The van der Waals surface area contributed by atoms with Crippen molar-refractivity contribution in [3.8, 4) is 11.3 Å². The van der Waals surface area contributed by atoms with Crippen molar-refractivity contribution in [2.24, 2.45) is 0 Å². The van der Waals surface area contributed by atoms with Gasteiger partial charge in [-0.1, -0.05) is 30.3 Å². The molecular weight excluding hydrogens is 389 g/mol. The topological polar surface area (TPSA) is 61.9 Å². The molecule has 28 heavy (non-hydrogen) atoms. The lowest BCUT2D eigenvalue weighted by Gasteiger charge is -2.27. The normalized spacial score (nSPS) is 14.9. The Morgan fingerprint density at radius 1 is 1.21 bits per heavy atom. The van der Waals surface area contributed by atoms with Crippen molar-refractivity contribution in [2.45, 2.75) is 32.6 Å². The number of hydrogen-bond acceptors (Lipinski definition) is 5. The van der Waals surface area contributed by atoms with E-state index in [0.717, 1.165) is 21.1 Å². The van der Waals surface area contributed by atoms with Gasteiger partial charge in [-0.05, 0) is 6.92 Å². The number of aromatic nitrogens is 3. The van der Waals surface area contributed by atoms with Crippen LogP contribution >= 0.6 is 11.3 Å². The molecule has 1 aliphatic heterocycles. The van der Waals surface area contributed by atoms with Crippen molar-refractivity contribution in [2.75, 3.05) is 6.54 Å². The summed E-state index contributed by atoms with van der Waals surface area (Å²) in [4.78, 5) is 25.5. The second-order valence-electron chi connectivity index (χ2n) is 6.67. The summed E-state index contributed by atoms with van der Waals surface area (Å²) in [5, 5.41) is 0.945. The van der Waals surface area contributed by atoms with E-state index in [1.165, 1.54) is 0 Å². The maximum atomic E-state index is 12.9. The van der Waals surface area contributed by atoms with Crippen LogP contribution in [0.2, 0.25) is 0 Å². The van der Waals surface area contributed by atoms with E-state index in [9.17, 15) is 18.0 Å². The van der Waals surface area contributed by atoms with Crippen LogP contribution in [0.25, 0.3) is 11.3 Å². The van der Waals surface area contributed by atoms with E-state index >= 15 is 0 Å². The van der Waals surface area contributed by atoms with Crippen LogP contribution in [0.5, 0.6) is 0 Å². The molecule has 0 aliphatic carbocycles. The number of nitrogens with one attached hydrogen (secondary N) is 1. The minimum Gasteiger partial charge on any atom is -0.303 e. The molecule has 0 spiro atoms. The van der Waals surface area contributed by atoms with E-state index in [1.807, 2.05) is 47.1 Å². The van der Waals surface area contributed by atoms with Crippen molar-refractivity contribution in [3.63, 3.8) is 0 Å². The first-order valence-corrected chi connectivity index (χ1v) is 9.56. The van der Waals surface area contributed by atoms with Gasteiger partial charge in [0.15, 0.2) is 0 Å². The van der Waals surface area contributed by atoms with Crippen LogP contribution in [0.4, 0.5) is 13.2 Å². The minimum atomic E-state index is -4.66. The summed E-state index contributed by atoms with van der Waals surface area (Å²) in [7, 11) is 0. The second kappa shape index (κ2) is 7.14. The molecule has 3 heterocycles. The summed E-state index contributed by atoms with van der Waals surface area (Å²) in [5.74, 6) is -1.23. The van der Waals surface area contributed by atoms with Crippen molar-refractivity contribution >= 4 is 11.3 Å². The fraction of sp³-hybridized carbons (Fsp3) is 0.316. The monoisotopic (exact) mass is 406 g/mol. The fourth-order valence-electron chi connectivity index (χ4n) is 3.35. The Bertz CT molecular complexity index is 1060. The number of aryl methyl sites for hydroxylation is 1. The number of benzene rings is 1. The number of hydrogen-bond donors (Lipinski definition) is 1.